The van der Waals surface area contributed by atoms with Gasteiger partial charge in [-0.2, -0.15) is 0 Å². The van der Waals surface area contributed by atoms with Crippen LogP contribution in [-0.4, -0.2) is 18.4 Å². The van der Waals surface area contributed by atoms with Gasteiger partial charge in [-0.25, -0.2) is 0 Å². The molecule has 0 saturated carbocycles. The zero-order valence-electron chi connectivity index (χ0n) is 12.5. The first-order valence-electron chi connectivity index (χ1n) is 7.36. The van der Waals surface area contributed by atoms with Crippen molar-refractivity contribution in [3.63, 3.8) is 0 Å². The maximum Gasteiger partial charge on any atom is 0.229 e. The first-order chi connectivity index (χ1) is 10.6. The van der Waals surface area contributed by atoms with E-state index in [9.17, 15) is 9.59 Å². The van der Waals surface area contributed by atoms with E-state index in [1.165, 1.54) is 0 Å². The number of benzene rings is 2. The fourth-order valence-electron chi connectivity index (χ4n) is 2.62. The summed E-state index contributed by atoms with van der Waals surface area (Å²) in [6.45, 7) is 2.43. The maximum absolute atomic E-state index is 12.3. The van der Waals surface area contributed by atoms with Gasteiger partial charge in [0.2, 0.25) is 11.8 Å². The summed E-state index contributed by atoms with van der Waals surface area (Å²) in [6.07, 6.45) is 0.257. The zero-order chi connectivity index (χ0) is 15.5. The number of aryl methyl sites for hydroxylation is 1. The van der Waals surface area contributed by atoms with E-state index in [0.717, 1.165) is 16.9 Å². The van der Waals surface area contributed by atoms with Crippen LogP contribution in [0.25, 0.3) is 0 Å². The van der Waals surface area contributed by atoms with Gasteiger partial charge in [-0.1, -0.05) is 35.9 Å². The maximum atomic E-state index is 12.3. The van der Waals surface area contributed by atoms with E-state index < -0.39 is 0 Å². The standard InChI is InChI=1S/C18H18N2O2/c1-13-7-9-15(10-8-13)19-18(22)14-11-17(21)20(12-14)16-5-3-2-4-6-16/h2-10,14H,11-12H2,1H3,(H,19,22)/t14-/m0/s1. The molecule has 112 valence electrons. The highest BCUT2D eigenvalue weighted by Crippen LogP contribution is 2.25. The van der Waals surface area contributed by atoms with Crippen molar-refractivity contribution in [3.05, 3.63) is 60.2 Å². The van der Waals surface area contributed by atoms with Crippen LogP contribution in [-0.2, 0) is 9.59 Å². The molecule has 2 aromatic carbocycles. The van der Waals surface area contributed by atoms with Crippen molar-refractivity contribution in [1.29, 1.82) is 0 Å². The minimum Gasteiger partial charge on any atom is -0.326 e. The van der Waals surface area contributed by atoms with Gasteiger partial charge >= 0.3 is 0 Å². The van der Waals surface area contributed by atoms with Crippen LogP contribution in [0.3, 0.4) is 0 Å². The fraction of sp³-hybridized carbons (Fsp3) is 0.222. The summed E-state index contributed by atoms with van der Waals surface area (Å²) >= 11 is 0. The van der Waals surface area contributed by atoms with Crippen molar-refractivity contribution in [3.8, 4) is 0 Å². The molecular weight excluding hydrogens is 276 g/mol. The van der Waals surface area contributed by atoms with Gasteiger partial charge in [0.05, 0.1) is 5.92 Å². The van der Waals surface area contributed by atoms with Crippen LogP contribution in [0, 0.1) is 12.8 Å². The lowest BCUT2D eigenvalue weighted by Gasteiger charge is -2.16. The molecule has 2 amide bonds. The van der Waals surface area contributed by atoms with Crippen molar-refractivity contribution >= 4 is 23.2 Å². The fourth-order valence-corrected chi connectivity index (χ4v) is 2.62. The first kappa shape index (κ1) is 14.3. The number of hydrogen-bond donors (Lipinski definition) is 1. The van der Waals surface area contributed by atoms with Crippen LogP contribution < -0.4 is 10.2 Å². The predicted molar refractivity (Wildman–Crippen MR) is 86.7 cm³/mol. The Morgan fingerprint density at radius 2 is 1.77 bits per heavy atom. The summed E-state index contributed by atoms with van der Waals surface area (Å²) in [6, 6.07) is 17.1. The molecule has 0 spiro atoms. The second-order valence-corrected chi connectivity index (χ2v) is 5.60. The van der Waals surface area contributed by atoms with Crippen molar-refractivity contribution in [2.45, 2.75) is 13.3 Å². The Labute approximate surface area is 129 Å². The van der Waals surface area contributed by atoms with Crippen molar-refractivity contribution < 1.29 is 9.59 Å². The Bertz CT molecular complexity index is 680. The van der Waals surface area contributed by atoms with E-state index in [1.54, 1.807) is 4.90 Å². The largest absolute Gasteiger partial charge is 0.326 e. The van der Waals surface area contributed by atoms with Crippen LogP contribution in [0.15, 0.2) is 54.6 Å². The quantitative estimate of drug-likeness (QED) is 0.946. The molecule has 0 bridgehead atoms. The molecule has 1 atom stereocenters. The Kier molecular flexibility index (Phi) is 3.92. The Hall–Kier alpha value is -2.62. The average molecular weight is 294 g/mol. The molecule has 4 nitrogen and oxygen atoms in total. The number of rotatable bonds is 3. The van der Waals surface area contributed by atoms with Gasteiger partial charge < -0.3 is 10.2 Å². The molecule has 22 heavy (non-hydrogen) atoms. The monoisotopic (exact) mass is 294 g/mol. The van der Waals surface area contributed by atoms with Crippen LogP contribution in [0.4, 0.5) is 11.4 Å². The minimum atomic E-state index is -0.311. The van der Waals surface area contributed by atoms with Crippen LogP contribution in [0.5, 0.6) is 0 Å². The highest BCUT2D eigenvalue weighted by Gasteiger charge is 2.35. The van der Waals surface area contributed by atoms with E-state index >= 15 is 0 Å². The van der Waals surface area contributed by atoms with Crippen molar-refractivity contribution in [2.24, 2.45) is 5.92 Å². The Balaban J connectivity index is 1.67. The second-order valence-electron chi connectivity index (χ2n) is 5.60. The van der Waals surface area contributed by atoms with Crippen molar-refractivity contribution in [1.82, 2.24) is 0 Å². The van der Waals surface area contributed by atoms with Crippen molar-refractivity contribution in [2.75, 3.05) is 16.8 Å². The number of amides is 2. The second kappa shape index (κ2) is 6.02. The van der Waals surface area contributed by atoms with Gasteiger partial charge in [0.15, 0.2) is 0 Å². The summed E-state index contributed by atoms with van der Waals surface area (Å²) in [7, 11) is 0. The third-order valence-electron chi connectivity index (χ3n) is 3.88. The number of carbonyl (C=O) groups is 2. The smallest absolute Gasteiger partial charge is 0.229 e. The predicted octanol–water partition coefficient (Wildman–Crippen LogP) is 2.99. The third-order valence-corrected chi connectivity index (χ3v) is 3.88. The average Bonchev–Trinajstić information content (AvgIpc) is 2.92. The van der Waals surface area contributed by atoms with Crippen LogP contribution in [0.2, 0.25) is 0 Å². The van der Waals surface area contributed by atoms with Gasteiger partial charge in [-0.3, -0.25) is 9.59 Å². The zero-order valence-corrected chi connectivity index (χ0v) is 12.5. The number of para-hydroxylation sites is 1. The summed E-state index contributed by atoms with van der Waals surface area (Å²) < 4.78 is 0. The van der Waals surface area contributed by atoms with Crippen LogP contribution in [0.1, 0.15) is 12.0 Å². The summed E-state index contributed by atoms with van der Waals surface area (Å²) in [5.74, 6) is -0.417. The minimum absolute atomic E-state index is 0.00439. The molecule has 1 fully saturated rings. The van der Waals surface area contributed by atoms with E-state index in [2.05, 4.69) is 5.32 Å². The van der Waals surface area contributed by atoms with E-state index in [4.69, 9.17) is 0 Å². The lowest BCUT2D eigenvalue weighted by Crippen LogP contribution is -2.28. The molecule has 0 aliphatic carbocycles. The number of nitrogens with zero attached hydrogens (tertiary/aromatic N) is 1. The van der Waals surface area contributed by atoms with Crippen LogP contribution >= 0.6 is 0 Å². The number of carbonyl (C=O) groups excluding carboxylic acids is 2. The summed E-state index contributed by atoms with van der Waals surface area (Å²) in [5.41, 5.74) is 2.75. The molecule has 1 aliphatic rings. The van der Waals surface area contributed by atoms with Gasteiger partial charge in [0, 0.05) is 24.3 Å². The van der Waals surface area contributed by atoms with E-state index in [1.807, 2.05) is 61.5 Å². The Morgan fingerprint density at radius 1 is 1.09 bits per heavy atom. The lowest BCUT2D eigenvalue weighted by atomic mass is 10.1. The van der Waals surface area contributed by atoms with Gasteiger partial charge in [-0.05, 0) is 31.2 Å². The lowest BCUT2D eigenvalue weighted by molar-refractivity contribution is -0.122. The summed E-state index contributed by atoms with van der Waals surface area (Å²) in [5, 5.41) is 2.89. The van der Waals surface area contributed by atoms with E-state index in [-0.39, 0.29) is 24.2 Å². The highest BCUT2D eigenvalue weighted by atomic mass is 16.2. The molecule has 1 aliphatic heterocycles. The van der Waals surface area contributed by atoms with Gasteiger partial charge in [0.25, 0.3) is 0 Å². The first-order valence-corrected chi connectivity index (χ1v) is 7.36. The third kappa shape index (κ3) is 3.01. The number of nitrogens with one attached hydrogen (secondary N) is 1. The summed E-state index contributed by atoms with van der Waals surface area (Å²) in [4.78, 5) is 26.1. The molecule has 0 unspecified atom stereocenters. The topological polar surface area (TPSA) is 49.4 Å². The molecule has 4 heteroatoms. The number of hydrogen-bond acceptors (Lipinski definition) is 2. The molecule has 0 aromatic heterocycles. The normalized spacial score (nSPS) is 17.6. The molecule has 1 N–H and O–H groups in total. The highest BCUT2D eigenvalue weighted by molar-refractivity contribution is 6.03. The van der Waals surface area contributed by atoms with E-state index in [0.29, 0.717) is 6.54 Å². The molecular formula is C18H18N2O2. The molecule has 0 radical (unpaired) electrons. The molecule has 1 heterocycles. The number of anilines is 2. The Morgan fingerprint density at radius 3 is 2.45 bits per heavy atom. The van der Waals surface area contributed by atoms with Gasteiger partial charge in [-0.15, -0.1) is 0 Å². The molecule has 2 aromatic rings. The molecule has 1 saturated heterocycles. The SMILES string of the molecule is Cc1ccc(NC(=O)[C@H]2CC(=O)N(c3ccccc3)C2)cc1. The molecule has 3 rings (SSSR count). The van der Waals surface area contributed by atoms with Gasteiger partial charge in [0.1, 0.15) is 0 Å².